The first-order chi connectivity index (χ1) is 11.4. The van der Waals surface area contributed by atoms with Gasteiger partial charge in [-0.15, -0.1) is 0 Å². The molecule has 2 aromatic rings. The predicted molar refractivity (Wildman–Crippen MR) is 80.1 cm³/mol. The lowest BCUT2D eigenvalue weighted by Crippen LogP contribution is -2.02. The van der Waals surface area contributed by atoms with Gasteiger partial charge in [-0.25, -0.2) is 0 Å². The monoisotopic (exact) mass is 328 g/mol. The minimum absolute atomic E-state index is 0.0594. The van der Waals surface area contributed by atoms with Crippen LogP contribution in [0.5, 0.6) is 23.0 Å². The number of phenols is 1. The minimum atomic E-state index is -0.850. The number of nitrogens with zero attached hydrogens (tertiary/aromatic N) is 1. The number of Topliss-reactive ketones (excluding diaryl/α,β-unsaturated/α-hetero) is 1. The highest BCUT2D eigenvalue weighted by Gasteiger charge is 2.27. The van der Waals surface area contributed by atoms with Crippen LogP contribution in [-0.4, -0.2) is 22.9 Å². The van der Waals surface area contributed by atoms with E-state index in [2.05, 4.69) is 0 Å². The highest BCUT2D eigenvalue weighted by atomic mass is 16.6. The van der Waals surface area contributed by atoms with E-state index in [1.807, 2.05) is 0 Å². The standard InChI is InChI=1S/C16H11NO7/c1-23-13-5-8(4-11(16(13)20)17(21)22)6-14-15(19)10-3-2-9(18)7-12(10)24-14/h2-7,18,20H,1H3/p-1/b14-6-. The van der Waals surface area contributed by atoms with Gasteiger partial charge in [0, 0.05) is 17.9 Å². The number of aromatic hydroxyl groups is 1. The van der Waals surface area contributed by atoms with E-state index in [9.17, 15) is 25.1 Å². The number of hydrogen-bond donors (Lipinski definition) is 1. The number of benzene rings is 2. The van der Waals surface area contributed by atoms with Crippen molar-refractivity contribution < 1.29 is 29.4 Å². The first kappa shape index (κ1) is 15.3. The molecule has 0 amide bonds. The fourth-order valence-electron chi connectivity index (χ4n) is 2.31. The van der Waals surface area contributed by atoms with Crippen LogP contribution in [0.15, 0.2) is 36.1 Å². The van der Waals surface area contributed by atoms with Gasteiger partial charge in [0.1, 0.15) is 17.2 Å². The van der Waals surface area contributed by atoms with E-state index in [0.29, 0.717) is 0 Å². The number of allylic oxidation sites excluding steroid dienone is 1. The normalized spacial score (nSPS) is 14.4. The van der Waals surface area contributed by atoms with Crippen LogP contribution in [0.2, 0.25) is 0 Å². The third-order valence-corrected chi connectivity index (χ3v) is 3.43. The van der Waals surface area contributed by atoms with Crippen LogP contribution in [-0.2, 0) is 0 Å². The zero-order valence-electron chi connectivity index (χ0n) is 12.3. The fourth-order valence-corrected chi connectivity index (χ4v) is 2.31. The number of hydrogen-bond acceptors (Lipinski definition) is 7. The van der Waals surface area contributed by atoms with Crippen LogP contribution in [0.3, 0.4) is 0 Å². The van der Waals surface area contributed by atoms with Gasteiger partial charge in [0.05, 0.1) is 17.6 Å². The van der Waals surface area contributed by atoms with Crippen molar-refractivity contribution in [2.45, 2.75) is 0 Å². The maximum atomic E-state index is 12.3. The van der Waals surface area contributed by atoms with E-state index in [-0.39, 0.29) is 34.1 Å². The van der Waals surface area contributed by atoms with Gasteiger partial charge in [0.15, 0.2) is 5.76 Å². The Labute approximate surface area is 135 Å². The van der Waals surface area contributed by atoms with E-state index in [1.54, 1.807) is 0 Å². The highest BCUT2D eigenvalue weighted by Crippen LogP contribution is 2.37. The Kier molecular flexibility index (Phi) is 3.57. The van der Waals surface area contributed by atoms with Gasteiger partial charge in [-0.2, -0.15) is 0 Å². The smallest absolute Gasteiger partial charge is 0.266 e. The third-order valence-electron chi connectivity index (χ3n) is 3.43. The molecule has 0 saturated heterocycles. The van der Waals surface area contributed by atoms with Crippen LogP contribution in [0, 0.1) is 10.1 Å². The molecule has 0 aliphatic carbocycles. The molecule has 2 aromatic carbocycles. The number of phenolic OH excluding ortho intramolecular Hbond substituents is 1. The lowest BCUT2D eigenvalue weighted by atomic mass is 10.1. The third kappa shape index (κ3) is 2.50. The second kappa shape index (κ2) is 5.58. The van der Waals surface area contributed by atoms with Crippen LogP contribution in [0.4, 0.5) is 5.69 Å². The van der Waals surface area contributed by atoms with Crippen LogP contribution in [0.1, 0.15) is 15.9 Å². The number of ketones is 1. The fraction of sp³-hybridized carbons (Fsp3) is 0.0625. The number of fused-ring (bicyclic) bond motifs is 1. The molecule has 8 nitrogen and oxygen atoms in total. The second-order valence-corrected chi connectivity index (χ2v) is 4.95. The van der Waals surface area contributed by atoms with Crippen molar-refractivity contribution in [1.82, 2.24) is 0 Å². The molecule has 0 saturated carbocycles. The van der Waals surface area contributed by atoms with Gasteiger partial charge in [-0.3, -0.25) is 14.9 Å². The lowest BCUT2D eigenvalue weighted by molar-refractivity contribution is -0.398. The molecule has 122 valence electrons. The Morgan fingerprint density at radius 3 is 2.71 bits per heavy atom. The first-order valence-electron chi connectivity index (χ1n) is 6.71. The van der Waals surface area contributed by atoms with Crippen molar-refractivity contribution in [3.8, 4) is 23.0 Å². The molecule has 0 radical (unpaired) electrons. The van der Waals surface area contributed by atoms with Crippen molar-refractivity contribution in [2.24, 2.45) is 0 Å². The zero-order valence-corrected chi connectivity index (χ0v) is 12.3. The van der Waals surface area contributed by atoms with Gasteiger partial charge in [-0.1, -0.05) is 0 Å². The summed E-state index contributed by atoms with van der Waals surface area (Å²) in [6.45, 7) is 0. The Balaban J connectivity index is 2.05. The maximum absolute atomic E-state index is 12.3. The number of rotatable bonds is 3. The molecule has 1 aliphatic heterocycles. The lowest BCUT2D eigenvalue weighted by Gasteiger charge is -2.13. The van der Waals surface area contributed by atoms with Crippen molar-refractivity contribution in [3.63, 3.8) is 0 Å². The van der Waals surface area contributed by atoms with Crippen molar-refractivity contribution >= 4 is 17.5 Å². The van der Waals surface area contributed by atoms with Gasteiger partial charge in [-0.05, 0) is 29.8 Å². The van der Waals surface area contributed by atoms with Crippen molar-refractivity contribution in [1.29, 1.82) is 0 Å². The SMILES string of the molecule is COc1cc(/C=C2\Oc3cc(O)ccc3C2=O)cc([N+](=O)[O-])c1[O-]. The van der Waals surface area contributed by atoms with Gasteiger partial charge in [0.2, 0.25) is 5.78 Å². The van der Waals surface area contributed by atoms with E-state index >= 15 is 0 Å². The van der Waals surface area contributed by atoms with Gasteiger partial charge >= 0.3 is 0 Å². The van der Waals surface area contributed by atoms with E-state index in [4.69, 9.17) is 9.47 Å². The molecule has 24 heavy (non-hydrogen) atoms. The summed E-state index contributed by atoms with van der Waals surface area (Å²) in [6.07, 6.45) is 1.27. The summed E-state index contributed by atoms with van der Waals surface area (Å²) in [5, 5.41) is 32.2. The zero-order chi connectivity index (χ0) is 17.4. The predicted octanol–water partition coefficient (Wildman–Crippen LogP) is 2.00. The summed E-state index contributed by atoms with van der Waals surface area (Å²) < 4.78 is 10.2. The van der Waals surface area contributed by atoms with Crippen LogP contribution < -0.4 is 14.6 Å². The molecule has 0 spiro atoms. The average molecular weight is 328 g/mol. The van der Waals surface area contributed by atoms with E-state index in [1.165, 1.54) is 37.5 Å². The molecular formula is C16H10NO7-. The first-order valence-corrected chi connectivity index (χ1v) is 6.71. The molecule has 0 bridgehead atoms. The quantitative estimate of drug-likeness (QED) is 0.519. The molecule has 1 N–H and O–H groups in total. The number of nitro benzene ring substituents is 1. The van der Waals surface area contributed by atoms with Crippen molar-refractivity contribution in [2.75, 3.05) is 7.11 Å². The van der Waals surface area contributed by atoms with E-state index in [0.717, 1.165) is 6.07 Å². The highest BCUT2D eigenvalue weighted by molar-refractivity contribution is 6.14. The second-order valence-electron chi connectivity index (χ2n) is 4.95. The Morgan fingerprint density at radius 2 is 2.04 bits per heavy atom. The Bertz CT molecular complexity index is 902. The summed E-state index contributed by atoms with van der Waals surface area (Å²) in [5.74, 6) is -1.44. The molecule has 0 fully saturated rings. The number of methoxy groups -OCH3 is 1. The number of carbonyl (C=O) groups is 1. The Hall–Kier alpha value is -3.55. The molecule has 0 unspecified atom stereocenters. The average Bonchev–Trinajstić information content (AvgIpc) is 2.83. The molecule has 1 aliphatic rings. The molecule has 8 heteroatoms. The Morgan fingerprint density at radius 1 is 1.29 bits per heavy atom. The largest absolute Gasteiger partial charge is 0.865 e. The van der Waals surface area contributed by atoms with Gasteiger partial charge < -0.3 is 19.7 Å². The maximum Gasteiger partial charge on any atom is 0.266 e. The molecule has 3 rings (SSSR count). The summed E-state index contributed by atoms with van der Waals surface area (Å²) in [5.41, 5.74) is -0.193. The summed E-state index contributed by atoms with van der Waals surface area (Å²) in [7, 11) is 1.22. The summed E-state index contributed by atoms with van der Waals surface area (Å²) in [6, 6.07) is 6.37. The van der Waals surface area contributed by atoms with Crippen LogP contribution in [0.25, 0.3) is 6.08 Å². The number of carbonyl (C=O) groups excluding carboxylic acids is 1. The number of nitro groups is 1. The molecule has 0 atom stereocenters. The number of ether oxygens (including phenoxy) is 2. The van der Waals surface area contributed by atoms with E-state index < -0.39 is 22.1 Å². The molecule has 1 heterocycles. The molecular weight excluding hydrogens is 318 g/mol. The van der Waals surface area contributed by atoms with Crippen LogP contribution >= 0.6 is 0 Å². The summed E-state index contributed by atoms with van der Waals surface area (Å²) >= 11 is 0. The topological polar surface area (TPSA) is 122 Å². The molecule has 0 aromatic heterocycles. The summed E-state index contributed by atoms with van der Waals surface area (Å²) in [4.78, 5) is 22.4. The minimum Gasteiger partial charge on any atom is -0.865 e. The van der Waals surface area contributed by atoms with Gasteiger partial charge in [0.25, 0.3) is 5.69 Å². The van der Waals surface area contributed by atoms with Crippen molar-refractivity contribution in [3.05, 3.63) is 57.3 Å².